The Balaban J connectivity index is 1.86. The van der Waals surface area contributed by atoms with Crippen molar-refractivity contribution in [2.75, 3.05) is 33.1 Å². The molecule has 2 saturated carbocycles. The number of fused-ring (bicyclic) bond motifs is 3. The van der Waals surface area contributed by atoms with E-state index in [0.29, 0.717) is 12.0 Å². The van der Waals surface area contributed by atoms with Crippen LogP contribution in [-0.2, 0) is 25.6 Å². The minimum Gasteiger partial charge on any atom is -0.377 e. The van der Waals surface area contributed by atoms with Gasteiger partial charge in [0.05, 0.1) is 12.0 Å². The molecule has 0 bridgehead atoms. The Kier molecular flexibility index (Phi) is 5.09. The molecule has 2 fully saturated rings. The van der Waals surface area contributed by atoms with E-state index < -0.39 is 64.4 Å². The lowest BCUT2D eigenvalue weighted by Gasteiger charge is -2.52. The summed E-state index contributed by atoms with van der Waals surface area (Å²) in [4.78, 5) is 68.6. The molecule has 0 aliphatic heterocycles. The average Bonchev–Trinajstić information content (AvgIpc) is 2.70. The average molecular weight is 441 g/mol. The first-order valence-corrected chi connectivity index (χ1v) is 10.6. The molecular formula is C23H27N3O6. The number of carbonyl (C=O) groups is 5. The van der Waals surface area contributed by atoms with Gasteiger partial charge in [0.15, 0.2) is 34.7 Å². The highest BCUT2D eigenvalue weighted by atomic mass is 16.3. The molecule has 0 spiro atoms. The number of benzene rings is 1. The van der Waals surface area contributed by atoms with Crippen LogP contribution in [-0.4, -0.2) is 78.9 Å². The number of rotatable bonds is 3. The summed E-state index contributed by atoms with van der Waals surface area (Å²) in [6.45, 7) is 0. The quantitative estimate of drug-likeness (QED) is 0.583. The van der Waals surface area contributed by atoms with E-state index in [2.05, 4.69) is 0 Å². The van der Waals surface area contributed by atoms with Gasteiger partial charge in [-0.3, -0.25) is 28.9 Å². The number of carbonyl (C=O) groups excluding carboxylic acids is 5. The molecular weight excluding hydrogens is 414 g/mol. The van der Waals surface area contributed by atoms with Crippen LogP contribution in [0, 0.1) is 23.7 Å². The molecule has 4 rings (SSSR count). The third-order valence-electron chi connectivity index (χ3n) is 7.31. The van der Waals surface area contributed by atoms with Gasteiger partial charge in [0.25, 0.3) is 0 Å². The zero-order chi connectivity index (χ0) is 23.7. The van der Waals surface area contributed by atoms with Crippen molar-refractivity contribution in [3.63, 3.8) is 0 Å². The van der Waals surface area contributed by atoms with E-state index >= 15 is 0 Å². The smallest absolute Gasteiger partial charge is 0.235 e. The van der Waals surface area contributed by atoms with Crippen molar-refractivity contribution < 1.29 is 29.1 Å². The van der Waals surface area contributed by atoms with Gasteiger partial charge < -0.3 is 15.7 Å². The minimum atomic E-state index is -2.62. The Morgan fingerprint density at radius 2 is 1.75 bits per heavy atom. The van der Waals surface area contributed by atoms with Crippen LogP contribution in [0.3, 0.4) is 0 Å². The molecule has 4 unspecified atom stereocenters. The lowest BCUT2D eigenvalue weighted by Crippen LogP contribution is -2.74. The van der Waals surface area contributed by atoms with Gasteiger partial charge in [-0.25, -0.2) is 0 Å². The largest absolute Gasteiger partial charge is 0.377 e. The number of hydrogen-bond donors (Lipinski definition) is 2. The molecule has 9 heteroatoms. The van der Waals surface area contributed by atoms with Gasteiger partial charge in [-0.05, 0) is 44.5 Å². The summed E-state index contributed by atoms with van der Waals surface area (Å²) in [7, 11) is 6.89. The first-order chi connectivity index (χ1) is 14.9. The number of ketones is 4. The Labute approximate surface area is 185 Å². The van der Waals surface area contributed by atoms with E-state index in [1.54, 1.807) is 26.2 Å². The highest BCUT2D eigenvalue weighted by Gasteiger charge is 2.69. The number of nitrogens with two attached hydrogens (primary N) is 1. The predicted octanol–water partition coefficient (Wildman–Crippen LogP) is -0.773. The van der Waals surface area contributed by atoms with Gasteiger partial charge in [0.1, 0.15) is 0 Å². The van der Waals surface area contributed by atoms with Crippen molar-refractivity contribution in [2.24, 2.45) is 29.4 Å². The molecule has 0 radical (unpaired) electrons. The van der Waals surface area contributed by atoms with Crippen LogP contribution in [0.4, 0.5) is 5.69 Å². The molecule has 3 aliphatic rings. The molecule has 1 aromatic rings. The number of amides is 1. The van der Waals surface area contributed by atoms with Crippen LogP contribution in [0.2, 0.25) is 0 Å². The van der Waals surface area contributed by atoms with Gasteiger partial charge in [-0.15, -0.1) is 0 Å². The van der Waals surface area contributed by atoms with Gasteiger partial charge in [0, 0.05) is 31.3 Å². The second-order valence-electron chi connectivity index (χ2n) is 9.49. The second-order valence-corrected chi connectivity index (χ2v) is 9.49. The topological polar surface area (TPSA) is 138 Å². The summed E-state index contributed by atoms with van der Waals surface area (Å²) < 4.78 is 0. The molecule has 1 aromatic carbocycles. The Morgan fingerprint density at radius 1 is 1.09 bits per heavy atom. The van der Waals surface area contributed by atoms with Crippen LogP contribution in [0.5, 0.6) is 0 Å². The summed E-state index contributed by atoms with van der Waals surface area (Å²) in [6, 6.07) is 4.21. The summed E-state index contributed by atoms with van der Waals surface area (Å²) >= 11 is 0. The predicted molar refractivity (Wildman–Crippen MR) is 114 cm³/mol. The van der Waals surface area contributed by atoms with Crippen LogP contribution < -0.4 is 10.6 Å². The lowest BCUT2D eigenvalue weighted by atomic mass is 9.52. The van der Waals surface area contributed by atoms with Crippen LogP contribution in [0.1, 0.15) is 22.3 Å². The normalized spacial score (nSPS) is 34.1. The molecule has 3 aliphatic carbocycles. The van der Waals surface area contributed by atoms with Crippen molar-refractivity contribution in [1.82, 2.24) is 4.90 Å². The number of anilines is 1. The Morgan fingerprint density at radius 3 is 2.31 bits per heavy atom. The Hall–Kier alpha value is -2.91. The summed E-state index contributed by atoms with van der Waals surface area (Å²) in [6.07, 6.45) is 0.520. The zero-order valence-corrected chi connectivity index (χ0v) is 18.5. The Bertz CT molecular complexity index is 1060. The number of aliphatic hydroxyl groups is 1. The molecule has 0 heterocycles. The molecule has 9 nitrogen and oxygen atoms in total. The second kappa shape index (κ2) is 7.31. The molecule has 0 saturated heterocycles. The van der Waals surface area contributed by atoms with Gasteiger partial charge >= 0.3 is 0 Å². The van der Waals surface area contributed by atoms with Crippen LogP contribution in [0.25, 0.3) is 0 Å². The van der Waals surface area contributed by atoms with Crippen molar-refractivity contribution in [2.45, 2.75) is 24.5 Å². The fraction of sp³-hybridized carbons (Fsp3) is 0.522. The molecule has 1 amide bonds. The van der Waals surface area contributed by atoms with E-state index in [0.717, 1.165) is 11.3 Å². The molecule has 0 aromatic heterocycles. The van der Waals surface area contributed by atoms with Gasteiger partial charge in [-0.1, -0.05) is 12.1 Å². The fourth-order valence-electron chi connectivity index (χ4n) is 5.93. The maximum absolute atomic E-state index is 13.6. The highest BCUT2D eigenvalue weighted by Crippen LogP contribution is 2.50. The minimum absolute atomic E-state index is 0.117. The maximum Gasteiger partial charge on any atom is 0.235 e. The fourth-order valence-corrected chi connectivity index (χ4v) is 5.93. The standard InChI is InChI=1S/C23H27N3O6/c1-25(2)14-7-5-6-11-12(14)8-10-9-13-17(26(3)4)19(28)16(22(24)31)21(30)23(13,32)20(29)15(10)18(11)27/h5-7,10,13,15-17,32H,8-9H2,1-4H3,(H2,24,31)/t10?,13?,15?,16?,17-,23+/m1/s1. The summed E-state index contributed by atoms with van der Waals surface area (Å²) in [5.74, 6) is -9.18. The van der Waals surface area contributed by atoms with E-state index in [1.165, 1.54) is 4.90 Å². The van der Waals surface area contributed by atoms with E-state index in [1.807, 2.05) is 25.1 Å². The van der Waals surface area contributed by atoms with E-state index in [9.17, 15) is 29.1 Å². The summed E-state index contributed by atoms with van der Waals surface area (Å²) in [5.41, 5.74) is 4.76. The van der Waals surface area contributed by atoms with Crippen molar-refractivity contribution >= 4 is 34.7 Å². The molecule has 170 valence electrons. The third-order valence-corrected chi connectivity index (χ3v) is 7.31. The van der Waals surface area contributed by atoms with Gasteiger partial charge in [0.2, 0.25) is 5.91 Å². The monoisotopic (exact) mass is 441 g/mol. The van der Waals surface area contributed by atoms with Crippen LogP contribution in [0.15, 0.2) is 18.2 Å². The van der Waals surface area contributed by atoms with E-state index in [-0.39, 0.29) is 6.42 Å². The van der Waals surface area contributed by atoms with Crippen molar-refractivity contribution in [3.8, 4) is 0 Å². The van der Waals surface area contributed by atoms with Gasteiger partial charge in [-0.2, -0.15) is 0 Å². The number of likely N-dealkylation sites (N-methyl/N-ethyl adjacent to an activating group) is 1. The highest BCUT2D eigenvalue weighted by molar-refractivity contribution is 6.32. The number of primary amides is 1. The number of nitrogens with zero attached hydrogens (tertiary/aromatic N) is 2. The molecule has 32 heavy (non-hydrogen) atoms. The SMILES string of the molecule is CN(C)c1cccc2c1CC1CC3[C@@H](N(C)C)C(=O)C(C(N)=O)C(=O)[C@@]3(O)C(=O)C1C2=O. The maximum atomic E-state index is 13.6. The van der Waals surface area contributed by atoms with E-state index in [4.69, 9.17) is 5.73 Å². The first-order valence-electron chi connectivity index (χ1n) is 10.6. The third kappa shape index (κ3) is 2.80. The first kappa shape index (κ1) is 22.3. The number of Topliss-reactive ketones (excluding diaryl/α,β-unsaturated/α-hetero) is 4. The lowest BCUT2D eigenvalue weighted by molar-refractivity contribution is -0.181. The van der Waals surface area contributed by atoms with Crippen LogP contribution >= 0.6 is 0 Å². The molecule has 6 atom stereocenters. The molecule has 3 N–H and O–H groups in total. The van der Waals surface area contributed by atoms with Crippen molar-refractivity contribution in [3.05, 3.63) is 29.3 Å². The number of hydrogen-bond acceptors (Lipinski definition) is 8. The summed E-state index contributed by atoms with van der Waals surface area (Å²) in [5, 5.41) is 11.5. The zero-order valence-electron chi connectivity index (χ0n) is 18.5. The van der Waals surface area contributed by atoms with Crippen molar-refractivity contribution in [1.29, 1.82) is 0 Å².